The Bertz CT molecular complexity index is 381. The quantitative estimate of drug-likeness (QED) is 0.848. The highest BCUT2D eigenvalue weighted by Crippen LogP contribution is 2.09. The molecule has 88 valence electrons. The molecule has 0 saturated heterocycles. The third kappa shape index (κ3) is 3.59. The summed E-state index contributed by atoms with van der Waals surface area (Å²) in [5.74, 6) is -0.443. The molecule has 0 fully saturated rings. The fraction of sp³-hybridized carbons (Fsp3) is 0.417. The van der Waals surface area contributed by atoms with Gasteiger partial charge >= 0.3 is 0 Å². The second-order valence-corrected chi connectivity index (χ2v) is 4.61. The molecule has 1 aromatic rings. The highest BCUT2D eigenvalue weighted by atomic mass is 79.9. The third-order valence-electron chi connectivity index (χ3n) is 2.34. The van der Waals surface area contributed by atoms with Crippen molar-refractivity contribution in [2.45, 2.75) is 26.3 Å². The summed E-state index contributed by atoms with van der Waals surface area (Å²) in [5.41, 5.74) is 0.987. The van der Waals surface area contributed by atoms with Crippen molar-refractivity contribution in [3.8, 4) is 0 Å². The van der Waals surface area contributed by atoms with Crippen molar-refractivity contribution >= 4 is 21.8 Å². The van der Waals surface area contributed by atoms with Gasteiger partial charge in [-0.2, -0.15) is 0 Å². The molecule has 0 saturated carbocycles. The maximum Gasteiger partial charge on any atom is 0.251 e. The molecule has 4 heteroatoms. The summed E-state index contributed by atoms with van der Waals surface area (Å²) in [6.07, 6.45) is 0.867. The summed E-state index contributed by atoms with van der Waals surface area (Å²) in [4.78, 5) is 11.7. The van der Waals surface area contributed by atoms with E-state index in [0.29, 0.717) is 11.1 Å². The van der Waals surface area contributed by atoms with Crippen LogP contribution in [0.2, 0.25) is 0 Å². The van der Waals surface area contributed by atoms with Crippen LogP contribution in [0.4, 0.5) is 4.39 Å². The van der Waals surface area contributed by atoms with E-state index in [0.717, 1.165) is 11.8 Å². The molecule has 0 bridgehead atoms. The highest BCUT2D eigenvalue weighted by Gasteiger charge is 2.10. The van der Waals surface area contributed by atoms with E-state index in [1.807, 2.05) is 6.92 Å². The van der Waals surface area contributed by atoms with Crippen molar-refractivity contribution in [1.82, 2.24) is 5.32 Å². The van der Waals surface area contributed by atoms with Gasteiger partial charge in [-0.25, -0.2) is 4.39 Å². The average molecular weight is 288 g/mol. The van der Waals surface area contributed by atoms with Gasteiger partial charge in [0.05, 0.1) is 0 Å². The second kappa shape index (κ2) is 5.99. The van der Waals surface area contributed by atoms with Crippen molar-refractivity contribution in [1.29, 1.82) is 0 Å². The zero-order valence-electron chi connectivity index (χ0n) is 9.39. The first-order chi connectivity index (χ1) is 7.54. The fourth-order valence-corrected chi connectivity index (χ4v) is 2.02. The fourth-order valence-electron chi connectivity index (χ4n) is 1.33. The molecular weight excluding hydrogens is 273 g/mol. The van der Waals surface area contributed by atoms with Gasteiger partial charge in [0.2, 0.25) is 0 Å². The minimum Gasteiger partial charge on any atom is -0.350 e. The average Bonchev–Trinajstić information content (AvgIpc) is 2.22. The Labute approximate surface area is 103 Å². The standard InChI is InChI=1S/C12H15BrFNO/c1-8-7-10(3-4-11(8)14)12(16)15-9(2)5-6-13/h3-4,7,9H,5-6H2,1-2H3,(H,15,16). The number of rotatable bonds is 4. The minimum atomic E-state index is -0.287. The van der Waals surface area contributed by atoms with Gasteiger partial charge < -0.3 is 5.32 Å². The van der Waals surface area contributed by atoms with E-state index in [9.17, 15) is 9.18 Å². The lowest BCUT2D eigenvalue weighted by Crippen LogP contribution is -2.32. The van der Waals surface area contributed by atoms with E-state index in [2.05, 4.69) is 21.2 Å². The van der Waals surface area contributed by atoms with Gasteiger partial charge in [-0.1, -0.05) is 15.9 Å². The van der Waals surface area contributed by atoms with Gasteiger partial charge in [-0.15, -0.1) is 0 Å². The molecule has 1 amide bonds. The predicted molar refractivity (Wildman–Crippen MR) is 66.5 cm³/mol. The Morgan fingerprint density at radius 1 is 1.56 bits per heavy atom. The van der Waals surface area contributed by atoms with Gasteiger partial charge in [-0.3, -0.25) is 4.79 Å². The molecule has 0 aliphatic carbocycles. The number of alkyl halides is 1. The summed E-state index contributed by atoms with van der Waals surface area (Å²) in [6.45, 7) is 3.59. The number of benzene rings is 1. The third-order valence-corrected chi connectivity index (χ3v) is 2.80. The Morgan fingerprint density at radius 2 is 2.25 bits per heavy atom. The van der Waals surface area contributed by atoms with E-state index in [-0.39, 0.29) is 17.8 Å². The summed E-state index contributed by atoms with van der Waals surface area (Å²) in [6, 6.07) is 4.49. The first-order valence-electron chi connectivity index (χ1n) is 5.17. The smallest absolute Gasteiger partial charge is 0.251 e. The number of amides is 1. The lowest BCUT2D eigenvalue weighted by molar-refractivity contribution is 0.0939. The lowest BCUT2D eigenvalue weighted by Gasteiger charge is -2.12. The molecule has 0 aromatic heterocycles. The summed E-state index contributed by atoms with van der Waals surface area (Å²) < 4.78 is 13.0. The van der Waals surface area contributed by atoms with Crippen LogP contribution in [0.25, 0.3) is 0 Å². The van der Waals surface area contributed by atoms with Crippen LogP contribution in [-0.4, -0.2) is 17.3 Å². The Balaban J connectivity index is 2.69. The maximum atomic E-state index is 13.0. The molecule has 0 radical (unpaired) electrons. The SMILES string of the molecule is Cc1cc(C(=O)NC(C)CCBr)ccc1F. The molecule has 1 unspecified atom stereocenters. The Morgan fingerprint density at radius 3 is 2.81 bits per heavy atom. The van der Waals surface area contributed by atoms with Crippen LogP contribution in [0, 0.1) is 12.7 Å². The van der Waals surface area contributed by atoms with Crippen molar-refractivity contribution in [3.05, 3.63) is 35.1 Å². The van der Waals surface area contributed by atoms with Crippen LogP contribution in [0.5, 0.6) is 0 Å². The molecule has 0 aliphatic rings. The molecular formula is C12H15BrFNO. The van der Waals surface area contributed by atoms with Crippen LogP contribution in [0.1, 0.15) is 29.3 Å². The summed E-state index contributed by atoms with van der Waals surface area (Å²) >= 11 is 3.32. The Hall–Kier alpha value is -0.900. The number of hydrogen-bond acceptors (Lipinski definition) is 1. The molecule has 0 spiro atoms. The topological polar surface area (TPSA) is 29.1 Å². The monoisotopic (exact) mass is 287 g/mol. The van der Waals surface area contributed by atoms with Gasteiger partial charge in [0.1, 0.15) is 5.82 Å². The van der Waals surface area contributed by atoms with Gasteiger partial charge in [0, 0.05) is 16.9 Å². The number of halogens is 2. The zero-order valence-corrected chi connectivity index (χ0v) is 11.0. The zero-order chi connectivity index (χ0) is 12.1. The predicted octanol–water partition coefficient (Wildman–Crippen LogP) is 3.04. The van der Waals surface area contributed by atoms with Crippen LogP contribution < -0.4 is 5.32 Å². The van der Waals surface area contributed by atoms with Gasteiger partial charge in [0.15, 0.2) is 0 Å². The summed E-state index contributed by atoms with van der Waals surface area (Å²) in [7, 11) is 0. The normalized spacial score (nSPS) is 12.2. The van der Waals surface area contributed by atoms with Crippen molar-refractivity contribution in [2.24, 2.45) is 0 Å². The highest BCUT2D eigenvalue weighted by molar-refractivity contribution is 9.09. The number of aryl methyl sites for hydroxylation is 1. The second-order valence-electron chi connectivity index (χ2n) is 3.82. The number of carbonyl (C=O) groups excluding carboxylic acids is 1. The van der Waals surface area contributed by atoms with Gasteiger partial charge in [0.25, 0.3) is 5.91 Å². The van der Waals surface area contributed by atoms with Crippen LogP contribution in [0.3, 0.4) is 0 Å². The van der Waals surface area contributed by atoms with Crippen LogP contribution in [-0.2, 0) is 0 Å². The van der Waals surface area contributed by atoms with Crippen molar-refractivity contribution in [3.63, 3.8) is 0 Å². The molecule has 1 atom stereocenters. The van der Waals surface area contributed by atoms with E-state index >= 15 is 0 Å². The van der Waals surface area contributed by atoms with Crippen molar-refractivity contribution < 1.29 is 9.18 Å². The van der Waals surface area contributed by atoms with E-state index in [1.165, 1.54) is 12.1 Å². The number of hydrogen-bond donors (Lipinski definition) is 1. The Kier molecular flexibility index (Phi) is 4.93. The maximum absolute atomic E-state index is 13.0. The first kappa shape index (κ1) is 13.2. The van der Waals surface area contributed by atoms with Crippen LogP contribution >= 0.6 is 15.9 Å². The number of nitrogens with one attached hydrogen (secondary N) is 1. The lowest BCUT2D eigenvalue weighted by atomic mass is 10.1. The largest absolute Gasteiger partial charge is 0.350 e. The van der Waals surface area contributed by atoms with E-state index < -0.39 is 0 Å². The number of carbonyl (C=O) groups is 1. The molecule has 16 heavy (non-hydrogen) atoms. The summed E-state index contributed by atoms with van der Waals surface area (Å²) in [5, 5.41) is 3.70. The molecule has 0 heterocycles. The van der Waals surface area contributed by atoms with Crippen molar-refractivity contribution in [2.75, 3.05) is 5.33 Å². The molecule has 1 N–H and O–H groups in total. The minimum absolute atomic E-state index is 0.109. The molecule has 0 aliphatic heterocycles. The molecule has 1 aromatic carbocycles. The van der Waals surface area contributed by atoms with E-state index in [1.54, 1.807) is 13.0 Å². The molecule has 1 rings (SSSR count). The van der Waals surface area contributed by atoms with Gasteiger partial charge in [-0.05, 0) is 44.0 Å². The molecule has 2 nitrogen and oxygen atoms in total. The van der Waals surface area contributed by atoms with E-state index in [4.69, 9.17) is 0 Å². The first-order valence-corrected chi connectivity index (χ1v) is 6.29. The van der Waals surface area contributed by atoms with Crippen LogP contribution in [0.15, 0.2) is 18.2 Å².